The molecule has 5 heteroatoms. The predicted octanol–water partition coefficient (Wildman–Crippen LogP) is 19.7. The molecule has 0 N–H and O–H groups in total. The third-order valence-corrected chi connectivity index (χ3v) is 12.5. The Labute approximate surface area is 411 Å². The van der Waals surface area contributed by atoms with Crippen LogP contribution in [0, 0.1) is 0 Å². The van der Waals surface area contributed by atoms with Crippen molar-refractivity contribution in [2.24, 2.45) is 0 Å². The first kappa shape index (κ1) is 63.6. The van der Waals surface area contributed by atoms with Crippen LogP contribution in [0.2, 0.25) is 0 Å². The summed E-state index contributed by atoms with van der Waals surface area (Å²) >= 11 is 0. The average Bonchev–Trinajstić information content (AvgIpc) is 3.32. The zero-order valence-corrected chi connectivity index (χ0v) is 44.2. The van der Waals surface area contributed by atoms with E-state index in [0.717, 1.165) is 77.0 Å². The topological polar surface area (TPSA) is 61.8 Å². The summed E-state index contributed by atoms with van der Waals surface area (Å²) in [5, 5.41) is 0. The Bertz CT molecular complexity index is 1130. The Hall–Kier alpha value is -2.40. The minimum Gasteiger partial charge on any atom is -0.462 e. The molecule has 0 spiro atoms. The number of esters is 2. The van der Waals surface area contributed by atoms with Gasteiger partial charge in [0.05, 0.1) is 6.61 Å². The second-order valence-corrected chi connectivity index (χ2v) is 19.2. The summed E-state index contributed by atoms with van der Waals surface area (Å²) in [4.78, 5) is 25.5. The maximum atomic E-state index is 12.8. The van der Waals surface area contributed by atoms with Gasteiger partial charge < -0.3 is 14.2 Å². The molecule has 5 nitrogen and oxygen atoms in total. The Kier molecular flexibility index (Phi) is 54.9. The number of unbranched alkanes of at least 4 members (excludes halogenated alkanes) is 32. The number of rotatable bonds is 53. The monoisotopic (exact) mass is 923 g/mol. The van der Waals surface area contributed by atoms with Gasteiger partial charge >= 0.3 is 11.9 Å². The number of hydrogen-bond donors (Lipinski definition) is 0. The first-order chi connectivity index (χ1) is 32.6. The lowest BCUT2D eigenvalue weighted by Gasteiger charge is -2.18. The SMILES string of the molecule is CC/C=C\C/C=C\C/C=C\C/C=C\CCCCCCCCC(=O)OCC(COCCCCCCCCCCCC/C=C\CCCCCCCC)OC(=O)CCCCCCCCCCCCC. The van der Waals surface area contributed by atoms with Crippen LogP contribution in [0.1, 0.15) is 290 Å². The molecule has 0 saturated carbocycles. The van der Waals surface area contributed by atoms with Crippen LogP contribution in [-0.2, 0) is 23.8 Å². The van der Waals surface area contributed by atoms with Crippen LogP contribution in [0.5, 0.6) is 0 Å². The van der Waals surface area contributed by atoms with Crippen LogP contribution in [0.25, 0.3) is 0 Å². The lowest BCUT2D eigenvalue weighted by atomic mass is 10.1. The number of carbonyl (C=O) groups excluding carboxylic acids is 2. The number of ether oxygens (including phenoxy) is 3. The fraction of sp³-hybridized carbons (Fsp3) is 0.803. The fourth-order valence-electron chi connectivity index (χ4n) is 8.26. The highest BCUT2D eigenvalue weighted by molar-refractivity contribution is 5.70. The molecule has 0 aliphatic carbocycles. The molecule has 1 unspecified atom stereocenters. The van der Waals surface area contributed by atoms with E-state index in [4.69, 9.17) is 14.2 Å². The van der Waals surface area contributed by atoms with Gasteiger partial charge in [0, 0.05) is 19.4 Å². The summed E-state index contributed by atoms with van der Waals surface area (Å²) in [6.45, 7) is 7.73. The van der Waals surface area contributed by atoms with E-state index in [1.807, 2.05) is 0 Å². The first-order valence-electron chi connectivity index (χ1n) is 28.8. The molecule has 1 atom stereocenters. The van der Waals surface area contributed by atoms with Gasteiger partial charge in [-0.3, -0.25) is 9.59 Å². The van der Waals surface area contributed by atoms with Crippen molar-refractivity contribution >= 4 is 11.9 Å². The number of carbonyl (C=O) groups is 2. The van der Waals surface area contributed by atoms with Crippen LogP contribution >= 0.6 is 0 Å². The van der Waals surface area contributed by atoms with Gasteiger partial charge in [-0.15, -0.1) is 0 Å². The molecule has 0 aromatic heterocycles. The largest absolute Gasteiger partial charge is 0.462 e. The zero-order valence-electron chi connectivity index (χ0n) is 44.2. The number of hydrogen-bond acceptors (Lipinski definition) is 5. The van der Waals surface area contributed by atoms with Gasteiger partial charge in [-0.1, -0.05) is 255 Å². The van der Waals surface area contributed by atoms with Crippen molar-refractivity contribution in [3.05, 3.63) is 60.8 Å². The van der Waals surface area contributed by atoms with E-state index in [-0.39, 0.29) is 25.2 Å². The van der Waals surface area contributed by atoms with Gasteiger partial charge in [-0.25, -0.2) is 0 Å². The standard InChI is InChI=1S/C61H110O5/c1-4-7-10-13-16-19-22-24-26-28-30-32-34-36-38-41-44-47-50-53-56-64-57-59(66-61(63)55-52-49-46-43-39-21-18-15-12-9-6-3)58-65-60(62)54-51-48-45-42-40-37-35-33-31-29-27-25-23-20-17-14-11-8-5-2/h8,11,17,20,24-27,31,33,59H,4-7,9-10,12-16,18-19,21-23,28-30,32,34-58H2,1-3H3/b11-8-,20-17-,26-24-,27-25-,33-31-. The zero-order chi connectivity index (χ0) is 47.7. The highest BCUT2D eigenvalue weighted by atomic mass is 16.6. The van der Waals surface area contributed by atoms with Crippen molar-refractivity contribution in [2.45, 2.75) is 297 Å². The molecule has 0 bridgehead atoms. The Morgan fingerprint density at radius 3 is 1.11 bits per heavy atom. The molecule has 0 rings (SSSR count). The minimum absolute atomic E-state index is 0.0794. The lowest BCUT2D eigenvalue weighted by Crippen LogP contribution is -2.30. The summed E-state index contributed by atoms with van der Waals surface area (Å²) < 4.78 is 17.5. The maximum absolute atomic E-state index is 12.8. The molecule has 0 radical (unpaired) electrons. The van der Waals surface area contributed by atoms with Gasteiger partial charge in [-0.05, 0) is 83.5 Å². The average molecular weight is 924 g/mol. The molecule has 0 heterocycles. The van der Waals surface area contributed by atoms with Crippen molar-refractivity contribution in [3.8, 4) is 0 Å². The van der Waals surface area contributed by atoms with E-state index in [2.05, 4.69) is 81.5 Å². The van der Waals surface area contributed by atoms with Crippen molar-refractivity contribution in [2.75, 3.05) is 19.8 Å². The molecule has 384 valence electrons. The summed E-state index contributed by atoms with van der Waals surface area (Å²) in [6, 6.07) is 0. The van der Waals surface area contributed by atoms with Crippen LogP contribution < -0.4 is 0 Å². The quantitative estimate of drug-likeness (QED) is 0.0346. The number of allylic oxidation sites excluding steroid dienone is 10. The van der Waals surface area contributed by atoms with Crippen molar-refractivity contribution < 1.29 is 23.8 Å². The molecular formula is C61H110O5. The third kappa shape index (κ3) is 54.2. The molecule has 66 heavy (non-hydrogen) atoms. The minimum atomic E-state index is -0.541. The van der Waals surface area contributed by atoms with Gasteiger partial charge in [0.1, 0.15) is 6.61 Å². The summed E-state index contributed by atoms with van der Waals surface area (Å²) in [5.74, 6) is -0.403. The highest BCUT2D eigenvalue weighted by Gasteiger charge is 2.17. The molecule has 0 aliphatic heterocycles. The van der Waals surface area contributed by atoms with E-state index >= 15 is 0 Å². The summed E-state index contributed by atoms with van der Waals surface area (Å²) in [6.07, 6.45) is 72.4. The van der Waals surface area contributed by atoms with E-state index < -0.39 is 6.10 Å². The van der Waals surface area contributed by atoms with Crippen LogP contribution in [0.3, 0.4) is 0 Å². The molecule has 0 saturated heterocycles. The van der Waals surface area contributed by atoms with E-state index in [0.29, 0.717) is 19.4 Å². The van der Waals surface area contributed by atoms with E-state index in [1.54, 1.807) is 0 Å². The molecular weight excluding hydrogens is 813 g/mol. The predicted molar refractivity (Wildman–Crippen MR) is 288 cm³/mol. The summed E-state index contributed by atoms with van der Waals surface area (Å²) in [5.41, 5.74) is 0. The highest BCUT2D eigenvalue weighted by Crippen LogP contribution is 2.15. The Balaban J connectivity index is 4.21. The van der Waals surface area contributed by atoms with Crippen molar-refractivity contribution in [3.63, 3.8) is 0 Å². The maximum Gasteiger partial charge on any atom is 0.306 e. The second-order valence-electron chi connectivity index (χ2n) is 19.2. The van der Waals surface area contributed by atoms with Crippen molar-refractivity contribution in [1.29, 1.82) is 0 Å². The molecule has 0 aromatic rings. The van der Waals surface area contributed by atoms with Gasteiger partial charge in [-0.2, -0.15) is 0 Å². The summed E-state index contributed by atoms with van der Waals surface area (Å²) in [7, 11) is 0. The lowest BCUT2D eigenvalue weighted by molar-refractivity contribution is -0.163. The third-order valence-electron chi connectivity index (χ3n) is 12.5. The van der Waals surface area contributed by atoms with Crippen LogP contribution in [0.4, 0.5) is 0 Å². The van der Waals surface area contributed by atoms with Gasteiger partial charge in [0.2, 0.25) is 0 Å². The van der Waals surface area contributed by atoms with Crippen LogP contribution in [0.15, 0.2) is 60.8 Å². The van der Waals surface area contributed by atoms with E-state index in [9.17, 15) is 9.59 Å². The van der Waals surface area contributed by atoms with Gasteiger partial charge in [0.25, 0.3) is 0 Å². The molecule has 0 aliphatic rings. The molecule has 0 amide bonds. The molecule has 0 fully saturated rings. The first-order valence-corrected chi connectivity index (χ1v) is 28.8. The fourth-order valence-corrected chi connectivity index (χ4v) is 8.26. The normalized spacial score (nSPS) is 12.6. The molecule has 0 aromatic carbocycles. The van der Waals surface area contributed by atoms with Crippen molar-refractivity contribution in [1.82, 2.24) is 0 Å². The Morgan fingerprint density at radius 1 is 0.348 bits per heavy atom. The Morgan fingerprint density at radius 2 is 0.682 bits per heavy atom. The van der Waals surface area contributed by atoms with Crippen LogP contribution in [-0.4, -0.2) is 37.9 Å². The smallest absolute Gasteiger partial charge is 0.306 e. The van der Waals surface area contributed by atoms with E-state index in [1.165, 1.54) is 180 Å². The second kappa shape index (κ2) is 56.9. The van der Waals surface area contributed by atoms with Gasteiger partial charge in [0.15, 0.2) is 6.10 Å².